The molecular formula is C26H35N3O3. The molecule has 0 radical (unpaired) electrons. The van der Waals surface area contributed by atoms with Crippen LogP contribution in [0.2, 0.25) is 0 Å². The van der Waals surface area contributed by atoms with Crippen LogP contribution in [0.5, 0.6) is 5.75 Å². The maximum absolute atomic E-state index is 13.1. The molecule has 1 saturated heterocycles. The number of carbonyl (C=O) groups excluding carboxylic acids is 1. The van der Waals surface area contributed by atoms with E-state index in [1.807, 2.05) is 29.2 Å². The smallest absolute Gasteiger partial charge is 0.227 e. The molecule has 0 saturated carbocycles. The molecule has 172 valence electrons. The first-order valence-electron chi connectivity index (χ1n) is 11.9. The zero-order valence-corrected chi connectivity index (χ0v) is 18.9. The van der Waals surface area contributed by atoms with E-state index in [2.05, 4.69) is 22.0 Å². The highest BCUT2D eigenvalue weighted by Gasteiger charge is 2.33. The number of nitrogens with zero attached hydrogens (tertiary/aromatic N) is 3. The maximum Gasteiger partial charge on any atom is 0.227 e. The molecule has 4 heterocycles. The van der Waals surface area contributed by atoms with Crippen LogP contribution in [0, 0.1) is 5.41 Å². The molecule has 0 atom stereocenters. The van der Waals surface area contributed by atoms with Crippen LogP contribution in [0.15, 0.2) is 48.8 Å². The Morgan fingerprint density at radius 1 is 1.03 bits per heavy atom. The first kappa shape index (κ1) is 22.7. The number of pyridine rings is 1. The molecule has 2 bridgehead atoms. The van der Waals surface area contributed by atoms with Crippen LogP contribution in [0.25, 0.3) is 0 Å². The highest BCUT2D eigenvalue weighted by atomic mass is 16.5. The lowest BCUT2D eigenvalue weighted by molar-refractivity contribution is -0.131. The Balaban J connectivity index is 1.48. The lowest BCUT2D eigenvalue weighted by atomic mass is 9.75. The van der Waals surface area contributed by atoms with Gasteiger partial charge in [-0.1, -0.05) is 30.7 Å². The van der Waals surface area contributed by atoms with Gasteiger partial charge in [0, 0.05) is 37.7 Å². The van der Waals surface area contributed by atoms with Crippen molar-refractivity contribution in [1.82, 2.24) is 14.8 Å². The van der Waals surface area contributed by atoms with Gasteiger partial charge in [0.1, 0.15) is 12.4 Å². The first-order valence-corrected chi connectivity index (χ1v) is 11.9. The van der Waals surface area contributed by atoms with E-state index >= 15 is 0 Å². The van der Waals surface area contributed by atoms with Crippen molar-refractivity contribution in [3.05, 3.63) is 59.9 Å². The van der Waals surface area contributed by atoms with Crippen molar-refractivity contribution in [3.63, 3.8) is 0 Å². The van der Waals surface area contributed by atoms with E-state index in [4.69, 9.17) is 4.74 Å². The van der Waals surface area contributed by atoms with Crippen molar-refractivity contribution in [1.29, 1.82) is 0 Å². The van der Waals surface area contributed by atoms with Crippen LogP contribution in [-0.4, -0.2) is 65.2 Å². The molecule has 0 spiro atoms. The predicted molar refractivity (Wildman–Crippen MR) is 124 cm³/mol. The van der Waals surface area contributed by atoms with Gasteiger partial charge in [-0.2, -0.15) is 0 Å². The van der Waals surface area contributed by atoms with Crippen molar-refractivity contribution in [3.8, 4) is 5.75 Å². The fourth-order valence-electron chi connectivity index (χ4n) is 4.91. The highest BCUT2D eigenvalue weighted by molar-refractivity contribution is 5.78. The van der Waals surface area contributed by atoms with Crippen molar-refractivity contribution in [2.24, 2.45) is 5.41 Å². The summed E-state index contributed by atoms with van der Waals surface area (Å²) < 4.78 is 6.17. The molecule has 5 rings (SSSR count). The minimum absolute atomic E-state index is 0.0250. The van der Waals surface area contributed by atoms with Gasteiger partial charge in [-0.15, -0.1) is 0 Å². The molecule has 1 amide bonds. The van der Waals surface area contributed by atoms with E-state index in [1.165, 1.54) is 5.56 Å². The maximum atomic E-state index is 13.1. The third kappa shape index (κ3) is 5.87. The van der Waals surface area contributed by atoms with Gasteiger partial charge in [0.2, 0.25) is 5.91 Å². The molecule has 0 aliphatic carbocycles. The number of hydrogen-bond acceptors (Lipinski definition) is 5. The molecule has 1 aromatic carbocycles. The van der Waals surface area contributed by atoms with E-state index in [9.17, 15) is 9.90 Å². The molecule has 1 fully saturated rings. The Labute approximate surface area is 191 Å². The second-order valence-electron chi connectivity index (χ2n) is 9.27. The standard InChI is InChI=1S/C26H35N3O3/c30-21-26-9-3-4-13-29(25(31)18-22-6-5-12-27-19-22)16-17-32-24-8-2-1-7-23(24)20-28(14-10-26)15-11-26/h1-2,5-8,12,19,30H,3-4,9-11,13-18,20-21H2. The molecule has 0 unspecified atom stereocenters. The summed E-state index contributed by atoms with van der Waals surface area (Å²) in [6.07, 6.45) is 8.89. The Kier molecular flexibility index (Phi) is 7.76. The quantitative estimate of drug-likeness (QED) is 0.798. The van der Waals surface area contributed by atoms with E-state index in [0.717, 1.165) is 69.6 Å². The molecule has 1 aromatic heterocycles. The van der Waals surface area contributed by atoms with E-state index in [1.54, 1.807) is 12.4 Å². The Bertz CT molecular complexity index is 866. The monoisotopic (exact) mass is 437 g/mol. The number of para-hydroxylation sites is 1. The second-order valence-corrected chi connectivity index (χ2v) is 9.27. The molecule has 6 heteroatoms. The predicted octanol–water partition coefficient (Wildman–Crippen LogP) is 3.29. The minimum Gasteiger partial charge on any atom is -0.491 e. The van der Waals surface area contributed by atoms with Gasteiger partial charge in [-0.05, 0) is 61.9 Å². The molecule has 2 aromatic rings. The number of rotatable bonds is 3. The van der Waals surface area contributed by atoms with E-state index in [0.29, 0.717) is 19.6 Å². The number of aromatic nitrogens is 1. The number of carbonyl (C=O) groups is 1. The fourth-order valence-corrected chi connectivity index (χ4v) is 4.91. The van der Waals surface area contributed by atoms with Crippen molar-refractivity contribution < 1.29 is 14.6 Å². The average Bonchev–Trinajstić information content (AvgIpc) is 2.84. The number of piperidine rings is 1. The minimum atomic E-state index is 0.0250. The number of hydrogen-bond donors (Lipinski definition) is 1. The lowest BCUT2D eigenvalue weighted by Crippen LogP contribution is -2.41. The van der Waals surface area contributed by atoms with Crippen LogP contribution < -0.4 is 4.74 Å². The number of aliphatic hydroxyl groups excluding tert-OH is 1. The van der Waals surface area contributed by atoms with Crippen LogP contribution in [0.4, 0.5) is 0 Å². The zero-order chi connectivity index (χ0) is 22.2. The van der Waals surface area contributed by atoms with Gasteiger partial charge in [-0.3, -0.25) is 14.7 Å². The van der Waals surface area contributed by atoms with E-state index < -0.39 is 0 Å². The van der Waals surface area contributed by atoms with Gasteiger partial charge in [0.15, 0.2) is 0 Å². The van der Waals surface area contributed by atoms with Crippen LogP contribution in [0.3, 0.4) is 0 Å². The number of ether oxygens (including phenoxy) is 1. The van der Waals surface area contributed by atoms with E-state index in [-0.39, 0.29) is 17.9 Å². The van der Waals surface area contributed by atoms with Crippen molar-refractivity contribution in [2.45, 2.75) is 45.1 Å². The summed E-state index contributed by atoms with van der Waals surface area (Å²) in [5.41, 5.74) is 2.15. The average molecular weight is 438 g/mol. The SMILES string of the molecule is O=C(Cc1cccnc1)N1CCCCC2(CO)CCN(CC2)Cc2ccccc2OCC1. The van der Waals surface area contributed by atoms with Crippen LogP contribution in [-0.2, 0) is 17.8 Å². The van der Waals surface area contributed by atoms with Gasteiger partial charge in [0.05, 0.1) is 13.0 Å². The second kappa shape index (κ2) is 10.9. The Morgan fingerprint density at radius 2 is 1.88 bits per heavy atom. The largest absolute Gasteiger partial charge is 0.491 e. The zero-order valence-electron chi connectivity index (χ0n) is 18.9. The highest BCUT2D eigenvalue weighted by Crippen LogP contribution is 2.37. The number of benzene rings is 1. The topological polar surface area (TPSA) is 65.9 Å². The van der Waals surface area contributed by atoms with Gasteiger partial charge in [0.25, 0.3) is 0 Å². The first-order chi connectivity index (χ1) is 15.7. The summed E-state index contributed by atoms with van der Waals surface area (Å²) in [6, 6.07) is 12.0. The van der Waals surface area contributed by atoms with Gasteiger partial charge in [-0.25, -0.2) is 0 Å². The number of aliphatic hydroxyl groups is 1. The van der Waals surface area contributed by atoms with Gasteiger partial charge < -0.3 is 14.7 Å². The lowest BCUT2D eigenvalue weighted by Gasteiger charge is -2.41. The fraction of sp³-hybridized carbons (Fsp3) is 0.538. The molecular weight excluding hydrogens is 402 g/mol. The summed E-state index contributed by atoms with van der Waals surface area (Å²) in [7, 11) is 0. The summed E-state index contributed by atoms with van der Waals surface area (Å²) in [4.78, 5) is 21.6. The van der Waals surface area contributed by atoms with Crippen molar-refractivity contribution >= 4 is 5.91 Å². The molecule has 32 heavy (non-hydrogen) atoms. The third-order valence-electron chi connectivity index (χ3n) is 7.05. The summed E-state index contributed by atoms with van der Waals surface area (Å²) in [5, 5.41) is 10.2. The third-order valence-corrected chi connectivity index (χ3v) is 7.05. The Morgan fingerprint density at radius 3 is 2.66 bits per heavy atom. The Hall–Kier alpha value is -2.44. The normalized spacial score (nSPS) is 24.7. The molecule has 6 nitrogen and oxygen atoms in total. The van der Waals surface area contributed by atoms with Crippen LogP contribution in [0.1, 0.15) is 43.2 Å². The number of fused-ring (bicyclic) bond motifs is 9. The van der Waals surface area contributed by atoms with Crippen molar-refractivity contribution in [2.75, 3.05) is 39.4 Å². The van der Waals surface area contributed by atoms with Gasteiger partial charge >= 0.3 is 0 Å². The summed E-state index contributed by atoms with van der Waals surface area (Å²) in [6.45, 7) is 4.90. The molecule has 3 aliphatic heterocycles. The summed E-state index contributed by atoms with van der Waals surface area (Å²) >= 11 is 0. The summed E-state index contributed by atoms with van der Waals surface area (Å²) in [5.74, 6) is 1.02. The number of amides is 1. The van der Waals surface area contributed by atoms with Crippen LogP contribution >= 0.6 is 0 Å². The molecule has 1 N–H and O–H groups in total. The molecule has 3 aliphatic rings.